The number of likely N-dealkylation sites (tertiary alicyclic amines) is 1. The van der Waals surface area contributed by atoms with Crippen LogP contribution in [0.1, 0.15) is 39.0 Å². The van der Waals surface area contributed by atoms with Crippen LogP contribution in [0.3, 0.4) is 0 Å². The van der Waals surface area contributed by atoms with Crippen LogP contribution in [0.4, 0.5) is 4.79 Å². The van der Waals surface area contributed by atoms with Crippen LogP contribution >= 0.6 is 0 Å². The van der Waals surface area contributed by atoms with Crippen LogP contribution in [0.2, 0.25) is 0 Å². The number of hydrogen-bond acceptors (Lipinski definition) is 2. The summed E-state index contributed by atoms with van der Waals surface area (Å²) < 4.78 is 0. The highest BCUT2D eigenvalue weighted by molar-refractivity contribution is 5.74. The number of rotatable bonds is 3. The maximum atomic E-state index is 12.1. The Morgan fingerprint density at radius 1 is 1.31 bits per heavy atom. The summed E-state index contributed by atoms with van der Waals surface area (Å²) in [5.41, 5.74) is 5.69. The predicted molar refractivity (Wildman–Crippen MR) is 66.3 cm³/mol. The van der Waals surface area contributed by atoms with E-state index in [1.54, 1.807) is 4.90 Å². The molecule has 94 valence electrons. The lowest BCUT2D eigenvalue weighted by molar-refractivity contribution is 0.163. The normalized spacial score (nSPS) is 19.1. The minimum Gasteiger partial charge on any atom is -0.328 e. The van der Waals surface area contributed by atoms with Gasteiger partial charge in [-0.05, 0) is 26.2 Å². The van der Waals surface area contributed by atoms with E-state index in [9.17, 15) is 4.79 Å². The number of amides is 2. The molecule has 0 aromatic carbocycles. The Morgan fingerprint density at radius 3 is 2.38 bits per heavy atom. The molecular formula is C12H25N3O. The van der Waals surface area contributed by atoms with E-state index in [1.165, 1.54) is 12.8 Å². The maximum Gasteiger partial charge on any atom is 0.319 e. The molecule has 1 saturated heterocycles. The summed E-state index contributed by atoms with van der Waals surface area (Å²) >= 11 is 0. The van der Waals surface area contributed by atoms with Gasteiger partial charge in [0.15, 0.2) is 0 Å². The lowest BCUT2D eigenvalue weighted by atomic mass is 10.2. The Labute approximate surface area is 98.8 Å². The van der Waals surface area contributed by atoms with Gasteiger partial charge in [0.2, 0.25) is 0 Å². The van der Waals surface area contributed by atoms with Crippen LogP contribution in [0, 0.1) is 0 Å². The summed E-state index contributed by atoms with van der Waals surface area (Å²) in [5.74, 6) is 0. The molecular weight excluding hydrogens is 202 g/mol. The van der Waals surface area contributed by atoms with Gasteiger partial charge in [-0.15, -0.1) is 0 Å². The number of carbonyl (C=O) groups excluding carboxylic acids is 1. The molecule has 0 aromatic heterocycles. The highest BCUT2D eigenvalue weighted by Crippen LogP contribution is 2.11. The third kappa shape index (κ3) is 4.39. The van der Waals surface area contributed by atoms with Crippen LogP contribution in [0.15, 0.2) is 0 Å². The van der Waals surface area contributed by atoms with Gasteiger partial charge in [-0.25, -0.2) is 4.79 Å². The molecule has 2 N–H and O–H groups in total. The lowest BCUT2D eigenvalue weighted by Crippen LogP contribution is -2.42. The van der Waals surface area contributed by atoms with E-state index in [2.05, 4.69) is 0 Å². The van der Waals surface area contributed by atoms with E-state index in [0.717, 1.165) is 38.9 Å². The molecule has 4 heteroatoms. The summed E-state index contributed by atoms with van der Waals surface area (Å²) in [7, 11) is 1.87. The first kappa shape index (κ1) is 13.3. The van der Waals surface area contributed by atoms with Crippen molar-refractivity contribution in [3.8, 4) is 0 Å². The predicted octanol–water partition coefficient (Wildman–Crippen LogP) is 1.65. The fourth-order valence-corrected chi connectivity index (χ4v) is 2.00. The minimum atomic E-state index is 0.166. The fourth-order valence-electron chi connectivity index (χ4n) is 2.00. The van der Waals surface area contributed by atoms with E-state index in [0.29, 0.717) is 0 Å². The molecule has 1 rings (SSSR count). The quantitative estimate of drug-likeness (QED) is 0.797. The monoisotopic (exact) mass is 227 g/mol. The molecule has 1 fully saturated rings. The van der Waals surface area contributed by atoms with Gasteiger partial charge >= 0.3 is 6.03 Å². The Balaban J connectivity index is 2.35. The molecule has 0 spiro atoms. The molecule has 2 amide bonds. The molecule has 1 aliphatic rings. The molecule has 1 atom stereocenters. The molecule has 1 heterocycles. The molecule has 0 aliphatic carbocycles. The average molecular weight is 227 g/mol. The Morgan fingerprint density at radius 2 is 1.88 bits per heavy atom. The van der Waals surface area contributed by atoms with Crippen molar-refractivity contribution < 1.29 is 4.79 Å². The zero-order valence-corrected chi connectivity index (χ0v) is 10.6. The average Bonchev–Trinajstić information content (AvgIpc) is 2.53. The number of nitrogens with zero attached hydrogens (tertiary/aromatic N) is 2. The second kappa shape index (κ2) is 6.74. The van der Waals surface area contributed by atoms with Crippen molar-refractivity contribution in [3.05, 3.63) is 0 Å². The van der Waals surface area contributed by atoms with Crippen LogP contribution < -0.4 is 5.73 Å². The number of carbonyl (C=O) groups is 1. The van der Waals surface area contributed by atoms with Gasteiger partial charge in [-0.3, -0.25) is 0 Å². The molecule has 1 unspecified atom stereocenters. The van der Waals surface area contributed by atoms with Crippen molar-refractivity contribution in [1.29, 1.82) is 0 Å². The first-order valence-electron chi connectivity index (χ1n) is 6.37. The van der Waals surface area contributed by atoms with Crippen LogP contribution in [0.25, 0.3) is 0 Å². The molecule has 0 aromatic rings. The third-order valence-electron chi connectivity index (χ3n) is 3.12. The van der Waals surface area contributed by atoms with E-state index in [1.807, 2.05) is 18.9 Å². The van der Waals surface area contributed by atoms with E-state index < -0.39 is 0 Å². The molecule has 16 heavy (non-hydrogen) atoms. The molecule has 4 nitrogen and oxygen atoms in total. The smallest absolute Gasteiger partial charge is 0.319 e. The Bertz CT molecular complexity index is 210. The molecule has 0 radical (unpaired) electrons. The zero-order valence-electron chi connectivity index (χ0n) is 10.6. The maximum absolute atomic E-state index is 12.1. The summed E-state index contributed by atoms with van der Waals surface area (Å²) in [6.07, 6.45) is 5.68. The van der Waals surface area contributed by atoms with Gasteiger partial charge in [0.1, 0.15) is 0 Å². The van der Waals surface area contributed by atoms with Gasteiger partial charge in [0.05, 0.1) is 0 Å². The second-order valence-electron chi connectivity index (χ2n) is 4.87. The largest absolute Gasteiger partial charge is 0.328 e. The first-order chi connectivity index (χ1) is 7.61. The van der Waals surface area contributed by atoms with Gasteiger partial charge in [-0.1, -0.05) is 12.8 Å². The lowest BCUT2D eigenvalue weighted by Gasteiger charge is -2.27. The van der Waals surface area contributed by atoms with Crippen molar-refractivity contribution in [2.24, 2.45) is 5.73 Å². The molecule has 1 aliphatic heterocycles. The highest BCUT2D eigenvalue weighted by Gasteiger charge is 2.18. The minimum absolute atomic E-state index is 0.166. The highest BCUT2D eigenvalue weighted by atomic mass is 16.2. The van der Waals surface area contributed by atoms with Gasteiger partial charge < -0.3 is 15.5 Å². The van der Waals surface area contributed by atoms with Gasteiger partial charge in [0.25, 0.3) is 0 Å². The van der Waals surface area contributed by atoms with E-state index in [-0.39, 0.29) is 12.1 Å². The number of nitrogens with two attached hydrogens (primary N) is 1. The van der Waals surface area contributed by atoms with Crippen LogP contribution in [-0.4, -0.2) is 48.6 Å². The van der Waals surface area contributed by atoms with Crippen LogP contribution in [-0.2, 0) is 0 Å². The van der Waals surface area contributed by atoms with Crippen LogP contribution in [0.5, 0.6) is 0 Å². The molecule has 0 saturated carbocycles. The molecule has 0 bridgehead atoms. The van der Waals surface area contributed by atoms with Crippen molar-refractivity contribution in [1.82, 2.24) is 9.80 Å². The van der Waals surface area contributed by atoms with Gasteiger partial charge in [-0.2, -0.15) is 0 Å². The van der Waals surface area contributed by atoms with Gasteiger partial charge in [0, 0.05) is 32.7 Å². The number of urea groups is 1. The Hall–Kier alpha value is -0.770. The summed E-state index contributed by atoms with van der Waals surface area (Å²) in [6, 6.07) is 0.335. The summed E-state index contributed by atoms with van der Waals surface area (Å²) in [4.78, 5) is 15.9. The van der Waals surface area contributed by atoms with Crippen molar-refractivity contribution in [2.75, 3.05) is 26.7 Å². The first-order valence-corrected chi connectivity index (χ1v) is 6.37. The standard InChI is InChI=1S/C12H25N3O/c1-11(13)7-10-14(2)12(16)15-8-5-3-4-6-9-15/h11H,3-10,13H2,1-2H3. The SMILES string of the molecule is CC(N)CCN(C)C(=O)N1CCCCCC1. The zero-order chi connectivity index (χ0) is 12.0. The van der Waals surface area contributed by atoms with Crippen molar-refractivity contribution in [3.63, 3.8) is 0 Å². The topological polar surface area (TPSA) is 49.6 Å². The second-order valence-corrected chi connectivity index (χ2v) is 4.87. The van der Waals surface area contributed by atoms with E-state index >= 15 is 0 Å². The summed E-state index contributed by atoms with van der Waals surface area (Å²) in [5, 5.41) is 0. The fraction of sp³-hybridized carbons (Fsp3) is 0.917. The van der Waals surface area contributed by atoms with Crippen molar-refractivity contribution in [2.45, 2.75) is 45.1 Å². The van der Waals surface area contributed by atoms with E-state index in [4.69, 9.17) is 5.73 Å². The number of hydrogen-bond donors (Lipinski definition) is 1. The third-order valence-corrected chi connectivity index (χ3v) is 3.12. The van der Waals surface area contributed by atoms with Crippen molar-refractivity contribution >= 4 is 6.03 Å². The summed E-state index contributed by atoms with van der Waals surface area (Å²) in [6.45, 7) is 4.57. The Kier molecular flexibility index (Phi) is 5.60.